The molecule has 4 heteroatoms. The minimum absolute atomic E-state index is 0.294. The summed E-state index contributed by atoms with van der Waals surface area (Å²) in [5.74, 6) is 0.804. The predicted octanol–water partition coefficient (Wildman–Crippen LogP) is 0.780. The largest absolute Gasteiger partial charge is 0.374 e. The summed E-state index contributed by atoms with van der Waals surface area (Å²) in [4.78, 5) is 4.50. The van der Waals surface area contributed by atoms with Crippen molar-refractivity contribution in [2.75, 3.05) is 39.8 Å². The molecule has 0 saturated carbocycles. The minimum Gasteiger partial charge on any atom is -0.374 e. The average molecular weight is 211 g/mol. The van der Waals surface area contributed by atoms with Gasteiger partial charge in [0.05, 0.1) is 18.5 Å². The van der Waals surface area contributed by atoms with Crippen LogP contribution in [0.1, 0.15) is 19.3 Å². The Morgan fingerprint density at radius 1 is 1.40 bits per heavy atom. The average Bonchev–Trinajstić information content (AvgIpc) is 2.22. The Morgan fingerprint density at radius 3 is 3.00 bits per heavy atom. The molecule has 0 aromatic heterocycles. The zero-order valence-electron chi connectivity index (χ0n) is 9.54. The first-order valence-corrected chi connectivity index (χ1v) is 5.88. The Labute approximate surface area is 91.7 Å². The van der Waals surface area contributed by atoms with Crippen molar-refractivity contribution in [1.82, 2.24) is 9.80 Å². The molecule has 1 atom stereocenters. The molecule has 0 aliphatic carbocycles. The first kappa shape index (κ1) is 10.9. The lowest BCUT2D eigenvalue weighted by Gasteiger charge is -2.36. The fourth-order valence-electron chi connectivity index (χ4n) is 2.31. The van der Waals surface area contributed by atoms with Gasteiger partial charge in [-0.25, -0.2) is 0 Å². The van der Waals surface area contributed by atoms with Crippen LogP contribution in [0.15, 0.2) is 0 Å². The maximum absolute atomic E-state index is 7.87. The monoisotopic (exact) mass is 211 g/mol. The summed E-state index contributed by atoms with van der Waals surface area (Å²) in [5.41, 5.74) is 0. The van der Waals surface area contributed by atoms with Crippen molar-refractivity contribution in [2.24, 2.45) is 0 Å². The molecule has 0 aromatic carbocycles. The van der Waals surface area contributed by atoms with Gasteiger partial charge in [0.2, 0.25) is 0 Å². The Balaban J connectivity index is 1.81. The van der Waals surface area contributed by atoms with E-state index in [0.717, 1.165) is 45.0 Å². The van der Waals surface area contributed by atoms with E-state index in [1.54, 1.807) is 0 Å². The highest BCUT2D eigenvalue weighted by Crippen LogP contribution is 2.13. The molecule has 4 nitrogen and oxygen atoms in total. The van der Waals surface area contributed by atoms with Crippen LogP contribution >= 0.6 is 0 Å². The number of likely N-dealkylation sites (N-methyl/N-ethyl adjacent to an activating group) is 1. The number of morpholine rings is 1. The van der Waals surface area contributed by atoms with Gasteiger partial charge in [-0.15, -0.1) is 0 Å². The first-order valence-electron chi connectivity index (χ1n) is 5.88. The molecule has 15 heavy (non-hydrogen) atoms. The standard InChI is InChI=1S/C11H21N3O/c1-13-6-7-15-10(8-13)9-14-5-3-2-4-11(14)12/h10,12H,2-9H2,1H3. The molecule has 1 N–H and O–H groups in total. The number of ether oxygens (including phenoxy) is 1. The van der Waals surface area contributed by atoms with Gasteiger partial charge in [-0.1, -0.05) is 0 Å². The van der Waals surface area contributed by atoms with Gasteiger partial charge >= 0.3 is 0 Å². The van der Waals surface area contributed by atoms with Gasteiger partial charge in [0.15, 0.2) is 0 Å². The molecular weight excluding hydrogens is 190 g/mol. The van der Waals surface area contributed by atoms with Crippen LogP contribution in [-0.4, -0.2) is 61.6 Å². The van der Waals surface area contributed by atoms with Crippen LogP contribution in [0.3, 0.4) is 0 Å². The molecule has 0 radical (unpaired) electrons. The highest BCUT2D eigenvalue weighted by atomic mass is 16.5. The molecule has 0 aromatic rings. The summed E-state index contributed by atoms with van der Waals surface area (Å²) in [6.07, 6.45) is 3.65. The van der Waals surface area contributed by atoms with Crippen LogP contribution in [0, 0.1) is 5.41 Å². The van der Waals surface area contributed by atoms with E-state index in [1.807, 2.05) is 0 Å². The second kappa shape index (κ2) is 4.94. The molecule has 2 rings (SSSR count). The van der Waals surface area contributed by atoms with Crippen molar-refractivity contribution in [3.05, 3.63) is 0 Å². The topological polar surface area (TPSA) is 39.6 Å². The summed E-state index contributed by atoms with van der Waals surface area (Å²) in [6, 6.07) is 0. The van der Waals surface area contributed by atoms with E-state index >= 15 is 0 Å². The number of nitrogens with one attached hydrogen (secondary N) is 1. The molecule has 2 saturated heterocycles. The van der Waals surface area contributed by atoms with Crippen LogP contribution in [-0.2, 0) is 4.74 Å². The fraction of sp³-hybridized carbons (Fsp3) is 0.909. The molecule has 1 unspecified atom stereocenters. The molecule has 0 amide bonds. The third-order valence-electron chi connectivity index (χ3n) is 3.24. The zero-order valence-corrected chi connectivity index (χ0v) is 9.54. The highest BCUT2D eigenvalue weighted by Gasteiger charge is 2.23. The van der Waals surface area contributed by atoms with Crippen molar-refractivity contribution < 1.29 is 4.74 Å². The summed E-state index contributed by atoms with van der Waals surface area (Å²) in [5, 5.41) is 7.87. The lowest BCUT2D eigenvalue weighted by Crippen LogP contribution is -2.48. The van der Waals surface area contributed by atoms with Crippen molar-refractivity contribution in [2.45, 2.75) is 25.4 Å². The number of amidine groups is 1. The lowest BCUT2D eigenvalue weighted by molar-refractivity contribution is -0.0288. The predicted molar refractivity (Wildman–Crippen MR) is 60.4 cm³/mol. The third-order valence-corrected chi connectivity index (χ3v) is 3.24. The summed E-state index contributed by atoms with van der Waals surface area (Å²) >= 11 is 0. The van der Waals surface area contributed by atoms with E-state index in [0.29, 0.717) is 6.10 Å². The number of piperidine rings is 1. The molecule has 2 heterocycles. The number of rotatable bonds is 2. The number of hydrogen-bond acceptors (Lipinski definition) is 3. The molecule has 0 bridgehead atoms. The van der Waals surface area contributed by atoms with Gasteiger partial charge in [0, 0.05) is 32.6 Å². The van der Waals surface area contributed by atoms with Crippen molar-refractivity contribution in [3.8, 4) is 0 Å². The maximum Gasteiger partial charge on any atom is 0.0958 e. The van der Waals surface area contributed by atoms with Gasteiger partial charge in [-0.05, 0) is 19.9 Å². The van der Waals surface area contributed by atoms with Crippen LogP contribution in [0.4, 0.5) is 0 Å². The number of likely N-dealkylation sites (tertiary alicyclic amines) is 1. The molecule has 2 aliphatic rings. The van der Waals surface area contributed by atoms with Crippen molar-refractivity contribution in [1.29, 1.82) is 5.41 Å². The molecule has 86 valence electrons. The van der Waals surface area contributed by atoms with E-state index in [-0.39, 0.29) is 0 Å². The second-order valence-corrected chi connectivity index (χ2v) is 4.60. The summed E-state index contributed by atoms with van der Waals surface area (Å²) < 4.78 is 5.72. The first-order chi connectivity index (χ1) is 7.25. The SMILES string of the molecule is CN1CCOC(CN2CCCCC2=N)C1. The Hall–Kier alpha value is -0.610. The van der Waals surface area contributed by atoms with Crippen molar-refractivity contribution >= 4 is 5.84 Å². The van der Waals surface area contributed by atoms with Crippen LogP contribution in [0.5, 0.6) is 0 Å². The number of hydrogen-bond donors (Lipinski definition) is 1. The van der Waals surface area contributed by atoms with E-state index < -0.39 is 0 Å². The van der Waals surface area contributed by atoms with Gasteiger partial charge in [0.25, 0.3) is 0 Å². The highest BCUT2D eigenvalue weighted by molar-refractivity contribution is 5.79. The molecule has 0 spiro atoms. The fourth-order valence-corrected chi connectivity index (χ4v) is 2.31. The molecule has 2 fully saturated rings. The van der Waals surface area contributed by atoms with Gasteiger partial charge in [0.1, 0.15) is 0 Å². The van der Waals surface area contributed by atoms with Gasteiger partial charge in [-0.2, -0.15) is 0 Å². The van der Waals surface area contributed by atoms with Gasteiger partial charge in [-0.3, -0.25) is 5.41 Å². The third kappa shape index (κ3) is 2.92. The van der Waals surface area contributed by atoms with Crippen LogP contribution in [0.25, 0.3) is 0 Å². The normalized spacial score (nSPS) is 29.5. The summed E-state index contributed by atoms with van der Waals surface area (Å²) in [7, 11) is 2.14. The summed E-state index contributed by atoms with van der Waals surface area (Å²) in [6.45, 7) is 4.83. The second-order valence-electron chi connectivity index (χ2n) is 4.60. The van der Waals surface area contributed by atoms with Crippen LogP contribution in [0.2, 0.25) is 0 Å². The lowest BCUT2D eigenvalue weighted by atomic mass is 10.1. The van der Waals surface area contributed by atoms with E-state index in [2.05, 4.69) is 16.8 Å². The minimum atomic E-state index is 0.294. The Morgan fingerprint density at radius 2 is 2.27 bits per heavy atom. The molecule has 2 aliphatic heterocycles. The van der Waals surface area contributed by atoms with Gasteiger partial charge < -0.3 is 14.5 Å². The van der Waals surface area contributed by atoms with E-state index in [4.69, 9.17) is 10.1 Å². The van der Waals surface area contributed by atoms with E-state index in [1.165, 1.54) is 12.8 Å². The quantitative estimate of drug-likeness (QED) is 0.733. The number of nitrogens with zero attached hydrogens (tertiary/aromatic N) is 2. The maximum atomic E-state index is 7.87. The van der Waals surface area contributed by atoms with E-state index in [9.17, 15) is 0 Å². The zero-order chi connectivity index (χ0) is 10.7. The van der Waals surface area contributed by atoms with Crippen LogP contribution < -0.4 is 0 Å². The van der Waals surface area contributed by atoms with Crippen molar-refractivity contribution in [3.63, 3.8) is 0 Å². The molecular formula is C11H21N3O. The Kier molecular flexibility index (Phi) is 3.59. The Bertz CT molecular complexity index is 232. The smallest absolute Gasteiger partial charge is 0.0958 e.